The van der Waals surface area contributed by atoms with Crippen LogP contribution in [0.5, 0.6) is 0 Å². The summed E-state index contributed by atoms with van der Waals surface area (Å²) in [4.78, 5) is 18.5. The summed E-state index contributed by atoms with van der Waals surface area (Å²) in [5.74, 6) is 0.118. The molecule has 6 heteroatoms. The highest BCUT2D eigenvalue weighted by Gasteiger charge is 2.40. The van der Waals surface area contributed by atoms with Crippen LogP contribution in [-0.2, 0) is 17.6 Å². The number of ether oxygens (including phenoxy) is 1. The summed E-state index contributed by atoms with van der Waals surface area (Å²) in [5.41, 5.74) is 1.40. The maximum Gasteiger partial charge on any atom is 0.255 e. The molecule has 3 heterocycles. The predicted molar refractivity (Wildman–Crippen MR) is 93.7 cm³/mol. The van der Waals surface area contributed by atoms with Crippen molar-refractivity contribution in [1.82, 2.24) is 9.80 Å². The van der Waals surface area contributed by atoms with Crippen molar-refractivity contribution >= 4 is 17.2 Å². The van der Waals surface area contributed by atoms with Gasteiger partial charge in [-0.2, -0.15) is 0 Å². The number of hydrogen-bond acceptors (Lipinski definition) is 5. The number of hydrogen-bond donors (Lipinski definition) is 1. The second-order valence-corrected chi connectivity index (χ2v) is 8.31. The minimum atomic E-state index is -0.775. The van der Waals surface area contributed by atoms with Crippen molar-refractivity contribution in [3.8, 4) is 0 Å². The third-order valence-electron chi connectivity index (χ3n) is 5.53. The number of nitrogens with zero attached hydrogens (tertiary/aromatic N) is 2. The van der Waals surface area contributed by atoms with Crippen LogP contribution in [0.2, 0.25) is 0 Å². The van der Waals surface area contributed by atoms with E-state index >= 15 is 0 Å². The molecule has 3 aliphatic rings. The first-order valence-corrected chi connectivity index (χ1v) is 9.94. The number of β-amino-alcohol motifs (C(OH)–C–C–N with tert-alkyl or cyclic N) is 1. The van der Waals surface area contributed by atoms with Gasteiger partial charge in [0.05, 0.1) is 30.9 Å². The average Bonchev–Trinajstić information content (AvgIpc) is 3.19. The van der Waals surface area contributed by atoms with E-state index in [0.717, 1.165) is 44.7 Å². The highest BCUT2D eigenvalue weighted by atomic mass is 32.1. The number of morpholine rings is 1. The summed E-state index contributed by atoms with van der Waals surface area (Å²) >= 11 is 1.74. The summed E-state index contributed by atoms with van der Waals surface area (Å²) in [5, 5.41) is 13.0. The molecule has 1 N–H and O–H groups in total. The van der Waals surface area contributed by atoms with Crippen LogP contribution in [0, 0.1) is 0 Å². The third kappa shape index (κ3) is 3.25. The SMILES string of the molecule is O=C(c1csc2c1CCCC2)N1CC[C@](O)(CN2CCOCC2)C1. The molecule has 0 aromatic carbocycles. The number of amides is 1. The van der Waals surface area contributed by atoms with Gasteiger partial charge in [-0.15, -0.1) is 11.3 Å². The van der Waals surface area contributed by atoms with Gasteiger partial charge in [0.1, 0.15) is 0 Å². The molecule has 4 rings (SSSR count). The van der Waals surface area contributed by atoms with Crippen LogP contribution >= 0.6 is 11.3 Å². The molecule has 0 radical (unpaired) electrons. The van der Waals surface area contributed by atoms with Crippen molar-refractivity contribution in [3.63, 3.8) is 0 Å². The van der Waals surface area contributed by atoms with Crippen molar-refractivity contribution in [2.24, 2.45) is 0 Å². The molecule has 2 fully saturated rings. The standard InChI is InChI=1S/C18H26N2O3S/c21-17(15-11-24-16-4-2-1-3-14(15)16)20-6-5-18(22,13-20)12-19-7-9-23-10-8-19/h11,22H,1-10,12-13H2/t18-/m0/s1. The topological polar surface area (TPSA) is 53.0 Å². The lowest BCUT2D eigenvalue weighted by Crippen LogP contribution is -2.49. The number of likely N-dealkylation sites (tertiary alicyclic amines) is 1. The Bertz CT molecular complexity index is 611. The number of aliphatic hydroxyl groups is 1. The first-order chi connectivity index (χ1) is 11.6. The molecule has 1 aliphatic carbocycles. The van der Waals surface area contributed by atoms with Crippen LogP contribution < -0.4 is 0 Å². The molecule has 1 atom stereocenters. The van der Waals surface area contributed by atoms with Crippen LogP contribution in [-0.4, -0.2) is 72.4 Å². The summed E-state index contributed by atoms with van der Waals surface area (Å²) in [6.45, 7) is 4.96. The van der Waals surface area contributed by atoms with E-state index in [2.05, 4.69) is 4.90 Å². The molecule has 0 spiro atoms. The van der Waals surface area contributed by atoms with Crippen LogP contribution in [0.25, 0.3) is 0 Å². The Morgan fingerprint density at radius 1 is 1.25 bits per heavy atom. The van der Waals surface area contributed by atoms with E-state index in [9.17, 15) is 9.90 Å². The lowest BCUT2D eigenvalue weighted by Gasteiger charge is -2.33. The largest absolute Gasteiger partial charge is 0.387 e. The van der Waals surface area contributed by atoms with E-state index in [0.29, 0.717) is 26.1 Å². The van der Waals surface area contributed by atoms with Gasteiger partial charge in [-0.3, -0.25) is 9.69 Å². The Labute approximate surface area is 147 Å². The van der Waals surface area contributed by atoms with Crippen molar-refractivity contribution in [3.05, 3.63) is 21.4 Å². The molecule has 1 aromatic heterocycles. The zero-order valence-electron chi connectivity index (χ0n) is 14.1. The van der Waals surface area contributed by atoms with E-state index in [1.165, 1.54) is 23.3 Å². The number of fused-ring (bicyclic) bond motifs is 1. The van der Waals surface area contributed by atoms with Crippen molar-refractivity contribution in [2.45, 2.75) is 37.7 Å². The molecule has 24 heavy (non-hydrogen) atoms. The Morgan fingerprint density at radius 3 is 2.88 bits per heavy atom. The fraction of sp³-hybridized carbons (Fsp3) is 0.722. The van der Waals surface area contributed by atoms with Crippen LogP contribution in [0.3, 0.4) is 0 Å². The van der Waals surface area contributed by atoms with Gasteiger partial charge < -0.3 is 14.7 Å². The molecular formula is C18H26N2O3S. The first-order valence-electron chi connectivity index (χ1n) is 9.06. The van der Waals surface area contributed by atoms with E-state index in [1.54, 1.807) is 11.3 Å². The number of rotatable bonds is 3. The highest BCUT2D eigenvalue weighted by Crippen LogP contribution is 2.32. The quantitative estimate of drug-likeness (QED) is 0.898. The summed E-state index contributed by atoms with van der Waals surface area (Å²) in [6.07, 6.45) is 5.25. The maximum atomic E-state index is 12.9. The summed E-state index contributed by atoms with van der Waals surface area (Å²) in [6, 6.07) is 0. The Hall–Kier alpha value is -0.950. The maximum absolute atomic E-state index is 12.9. The fourth-order valence-corrected chi connectivity index (χ4v) is 5.30. The lowest BCUT2D eigenvalue weighted by molar-refractivity contribution is -0.0257. The van der Waals surface area contributed by atoms with Gasteiger partial charge in [0, 0.05) is 36.4 Å². The molecule has 0 unspecified atom stereocenters. The fourth-order valence-electron chi connectivity index (χ4n) is 4.18. The zero-order chi connectivity index (χ0) is 16.6. The van der Waals surface area contributed by atoms with E-state index in [4.69, 9.17) is 4.74 Å². The Balaban J connectivity index is 1.42. The lowest BCUT2D eigenvalue weighted by atomic mass is 9.95. The molecule has 0 bridgehead atoms. The minimum Gasteiger partial charge on any atom is -0.387 e. The van der Waals surface area contributed by atoms with Gasteiger partial charge in [0.2, 0.25) is 0 Å². The molecule has 132 valence electrons. The molecule has 2 aliphatic heterocycles. The third-order valence-corrected chi connectivity index (χ3v) is 6.62. The monoisotopic (exact) mass is 350 g/mol. The number of carbonyl (C=O) groups is 1. The van der Waals surface area contributed by atoms with Crippen molar-refractivity contribution < 1.29 is 14.6 Å². The zero-order valence-corrected chi connectivity index (χ0v) is 14.9. The Kier molecular flexibility index (Phi) is 4.64. The van der Waals surface area contributed by atoms with Gasteiger partial charge in [0.15, 0.2) is 0 Å². The van der Waals surface area contributed by atoms with Crippen LogP contribution in [0.4, 0.5) is 0 Å². The molecule has 1 aromatic rings. The normalized spacial score (nSPS) is 28.1. The van der Waals surface area contributed by atoms with Crippen molar-refractivity contribution in [1.29, 1.82) is 0 Å². The summed E-state index contributed by atoms with van der Waals surface area (Å²) < 4.78 is 5.37. The van der Waals surface area contributed by atoms with Crippen LogP contribution in [0.15, 0.2) is 5.38 Å². The predicted octanol–water partition coefficient (Wildman–Crippen LogP) is 1.54. The molecule has 2 saturated heterocycles. The van der Waals surface area contributed by atoms with Gasteiger partial charge in [-0.25, -0.2) is 0 Å². The number of aryl methyl sites for hydroxylation is 1. The van der Waals surface area contributed by atoms with Gasteiger partial charge in [0.25, 0.3) is 5.91 Å². The average molecular weight is 350 g/mol. The number of thiophene rings is 1. The van der Waals surface area contributed by atoms with Crippen molar-refractivity contribution in [2.75, 3.05) is 45.9 Å². The molecule has 0 saturated carbocycles. The van der Waals surface area contributed by atoms with E-state index < -0.39 is 5.60 Å². The summed E-state index contributed by atoms with van der Waals surface area (Å²) in [7, 11) is 0. The van der Waals surface area contributed by atoms with Gasteiger partial charge >= 0.3 is 0 Å². The van der Waals surface area contributed by atoms with Gasteiger partial charge in [-0.1, -0.05) is 0 Å². The van der Waals surface area contributed by atoms with Crippen LogP contribution in [0.1, 0.15) is 40.1 Å². The second kappa shape index (κ2) is 6.75. The number of carbonyl (C=O) groups excluding carboxylic acids is 1. The smallest absolute Gasteiger partial charge is 0.255 e. The van der Waals surface area contributed by atoms with E-state index in [-0.39, 0.29) is 5.91 Å². The molecular weight excluding hydrogens is 324 g/mol. The highest BCUT2D eigenvalue weighted by molar-refractivity contribution is 7.10. The van der Waals surface area contributed by atoms with E-state index in [1.807, 2.05) is 10.3 Å². The second-order valence-electron chi connectivity index (χ2n) is 7.35. The molecule has 5 nitrogen and oxygen atoms in total. The minimum absolute atomic E-state index is 0.118. The molecule has 1 amide bonds. The van der Waals surface area contributed by atoms with Gasteiger partial charge in [-0.05, 0) is 37.7 Å². The Morgan fingerprint density at radius 2 is 2.04 bits per heavy atom. The first kappa shape index (κ1) is 16.5.